The fourth-order valence-corrected chi connectivity index (χ4v) is 4.89. The molecule has 1 atom stereocenters. The number of hydrogen-bond acceptors (Lipinski definition) is 5. The fourth-order valence-electron chi connectivity index (χ4n) is 4.00. The summed E-state index contributed by atoms with van der Waals surface area (Å²) in [5.41, 5.74) is 5.11. The van der Waals surface area contributed by atoms with Gasteiger partial charge in [0.1, 0.15) is 10.7 Å². The summed E-state index contributed by atoms with van der Waals surface area (Å²) < 4.78 is 0. The first-order valence-electron chi connectivity index (χ1n) is 10.8. The van der Waals surface area contributed by atoms with Crippen molar-refractivity contribution in [2.75, 3.05) is 39.8 Å². The highest BCUT2D eigenvalue weighted by molar-refractivity contribution is 7.13. The molecule has 0 radical (unpaired) electrons. The number of nitrogens with zero attached hydrogens (tertiary/aromatic N) is 3. The van der Waals surface area contributed by atoms with Crippen LogP contribution in [0.25, 0.3) is 10.6 Å². The summed E-state index contributed by atoms with van der Waals surface area (Å²) in [7, 11) is 2.16. The number of benzene rings is 2. The van der Waals surface area contributed by atoms with E-state index >= 15 is 0 Å². The van der Waals surface area contributed by atoms with Crippen molar-refractivity contribution in [1.29, 1.82) is 0 Å². The van der Waals surface area contributed by atoms with E-state index in [9.17, 15) is 4.79 Å². The van der Waals surface area contributed by atoms with E-state index < -0.39 is 0 Å². The number of amides is 1. The maximum absolute atomic E-state index is 13.1. The van der Waals surface area contributed by atoms with Crippen LogP contribution in [0.1, 0.15) is 33.2 Å². The molecule has 162 valence electrons. The minimum absolute atomic E-state index is 0.0663. The normalized spacial score (nSPS) is 16.2. The third-order valence-electron chi connectivity index (χ3n) is 5.89. The van der Waals surface area contributed by atoms with Crippen LogP contribution in [0.3, 0.4) is 0 Å². The predicted octanol–water partition coefficient (Wildman–Crippen LogP) is 4.15. The number of thiazole rings is 1. The lowest BCUT2D eigenvalue weighted by molar-refractivity contribution is 0.0903. The van der Waals surface area contributed by atoms with Crippen molar-refractivity contribution in [1.82, 2.24) is 20.1 Å². The monoisotopic (exact) mass is 434 g/mol. The number of piperazine rings is 1. The lowest BCUT2D eigenvalue weighted by Gasteiger charge is -2.35. The Labute approximate surface area is 188 Å². The average molecular weight is 435 g/mol. The average Bonchev–Trinajstić information content (AvgIpc) is 3.25. The minimum Gasteiger partial charge on any atom is -0.343 e. The van der Waals surface area contributed by atoms with Crippen LogP contribution in [0.5, 0.6) is 0 Å². The standard InChI is InChI=1S/C25H30N4OS/c1-18-9-10-21(19(2)15-18)25-27-23(17-31-25)24(30)26-22(20-7-5-4-6-8-20)16-29-13-11-28(3)12-14-29/h4-10,15,17,22H,11-14,16H2,1-3H3,(H,26,30). The Kier molecular flexibility index (Phi) is 6.80. The molecule has 0 spiro atoms. The van der Waals surface area contributed by atoms with E-state index in [1.165, 1.54) is 22.5 Å². The van der Waals surface area contributed by atoms with Gasteiger partial charge >= 0.3 is 0 Å². The molecule has 2 heterocycles. The Balaban J connectivity index is 1.50. The van der Waals surface area contributed by atoms with Crippen LogP contribution in [-0.2, 0) is 0 Å². The number of rotatable bonds is 6. The molecule has 1 aliphatic heterocycles. The van der Waals surface area contributed by atoms with Crippen molar-refractivity contribution in [3.63, 3.8) is 0 Å². The van der Waals surface area contributed by atoms with Crippen LogP contribution in [0.4, 0.5) is 0 Å². The van der Waals surface area contributed by atoms with Gasteiger partial charge in [0.05, 0.1) is 6.04 Å². The van der Waals surface area contributed by atoms with E-state index in [0.717, 1.165) is 48.9 Å². The zero-order chi connectivity index (χ0) is 21.8. The molecular weight excluding hydrogens is 404 g/mol. The molecule has 0 bridgehead atoms. The van der Waals surface area contributed by atoms with Gasteiger partial charge < -0.3 is 10.2 Å². The molecule has 1 aromatic heterocycles. The highest BCUT2D eigenvalue weighted by Crippen LogP contribution is 2.28. The number of nitrogens with one attached hydrogen (secondary N) is 1. The first kappa shape index (κ1) is 21.7. The number of hydrogen-bond donors (Lipinski definition) is 1. The molecule has 2 aromatic carbocycles. The van der Waals surface area contributed by atoms with Crippen LogP contribution in [0.15, 0.2) is 53.9 Å². The molecule has 31 heavy (non-hydrogen) atoms. The molecule has 0 aliphatic carbocycles. The van der Waals surface area contributed by atoms with Crippen LogP contribution in [0.2, 0.25) is 0 Å². The lowest BCUT2D eigenvalue weighted by atomic mass is 10.1. The highest BCUT2D eigenvalue weighted by atomic mass is 32.1. The van der Waals surface area contributed by atoms with Crippen molar-refractivity contribution in [3.8, 4) is 10.6 Å². The van der Waals surface area contributed by atoms with E-state index in [0.29, 0.717) is 5.69 Å². The van der Waals surface area contributed by atoms with E-state index in [1.54, 1.807) is 0 Å². The van der Waals surface area contributed by atoms with Gasteiger partial charge in [-0.25, -0.2) is 4.98 Å². The zero-order valence-corrected chi connectivity index (χ0v) is 19.3. The zero-order valence-electron chi connectivity index (χ0n) is 18.5. The van der Waals surface area contributed by atoms with Crippen LogP contribution in [0, 0.1) is 13.8 Å². The second-order valence-corrected chi connectivity index (χ2v) is 9.25. The quantitative estimate of drug-likeness (QED) is 0.633. The molecule has 1 aliphatic rings. The first-order valence-corrected chi connectivity index (χ1v) is 11.7. The Hall–Kier alpha value is -2.54. The van der Waals surface area contributed by atoms with Crippen molar-refractivity contribution >= 4 is 17.2 Å². The van der Waals surface area contributed by atoms with Crippen LogP contribution >= 0.6 is 11.3 Å². The largest absolute Gasteiger partial charge is 0.343 e. The summed E-state index contributed by atoms with van der Waals surface area (Å²) >= 11 is 1.52. The molecular formula is C25H30N4OS. The van der Waals surface area contributed by atoms with E-state index in [4.69, 9.17) is 0 Å². The van der Waals surface area contributed by atoms with E-state index in [1.807, 2.05) is 23.6 Å². The predicted molar refractivity (Wildman–Crippen MR) is 128 cm³/mol. The summed E-state index contributed by atoms with van der Waals surface area (Å²) in [4.78, 5) is 22.5. The Morgan fingerprint density at radius 2 is 1.84 bits per heavy atom. The smallest absolute Gasteiger partial charge is 0.271 e. The topological polar surface area (TPSA) is 48.5 Å². The molecule has 1 N–H and O–H groups in total. The lowest BCUT2D eigenvalue weighted by Crippen LogP contribution is -2.47. The fraction of sp³-hybridized carbons (Fsp3) is 0.360. The molecule has 1 unspecified atom stereocenters. The van der Waals surface area contributed by atoms with E-state index in [-0.39, 0.29) is 11.9 Å². The van der Waals surface area contributed by atoms with Gasteiger partial charge in [0.25, 0.3) is 5.91 Å². The minimum atomic E-state index is -0.116. The summed E-state index contributed by atoms with van der Waals surface area (Å²) in [6, 6.07) is 16.5. The van der Waals surface area contributed by atoms with Gasteiger partial charge in [-0.05, 0) is 32.0 Å². The van der Waals surface area contributed by atoms with Gasteiger partial charge in [-0.3, -0.25) is 9.69 Å². The van der Waals surface area contributed by atoms with Crippen molar-refractivity contribution in [2.24, 2.45) is 0 Å². The molecule has 4 rings (SSSR count). The van der Waals surface area contributed by atoms with Crippen molar-refractivity contribution in [2.45, 2.75) is 19.9 Å². The van der Waals surface area contributed by atoms with Gasteiger partial charge in [0.2, 0.25) is 0 Å². The summed E-state index contributed by atoms with van der Waals surface area (Å²) in [6.07, 6.45) is 0. The molecule has 5 nitrogen and oxygen atoms in total. The maximum atomic E-state index is 13.1. The number of carbonyl (C=O) groups excluding carboxylic acids is 1. The van der Waals surface area contributed by atoms with Gasteiger partial charge in [-0.2, -0.15) is 0 Å². The number of aryl methyl sites for hydroxylation is 2. The Morgan fingerprint density at radius 3 is 2.55 bits per heavy atom. The summed E-state index contributed by atoms with van der Waals surface area (Å²) in [5, 5.41) is 6.00. The van der Waals surface area contributed by atoms with Crippen LogP contribution < -0.4 is 5.32 Å². The second kappa shape index (κ2) is 9.73. The molecule has 6 heteroatoms. The van der Waals surface area contributed by atoms with Crippen molar-refractivity contribution < 1.29 is 4.79 Å². The molecule has 0 saturated carbocycles. The molecule has 1 saturated heterocycles. The van der Waals surface area contributed by atoms with Crippen molar-refractivity contribution in [3.05, 3.63) is 76.3 Å². The van der Waals surface area contributed by atoms with Gasteiger partial charge in [0.15, 0.2) is 0 Å². The molecule has 3 aromatic rings. The summed E-state index contributed by atoms with van der Waals surface area (Å²) in [5.74, 6) is -0.116. The molecule has 1 fully saturated rings. The Morgan fingerprint density at radius 1 is 1.10 bits per heavy atom. The second-order valence-electron chi connectivity index (χ2n) is 8.40. The number of likely N-dealkylation sites (N-methyl/N-ethyl adjacent to an activating group) is 1. The van der Waals surface area contributed by atoms with Crippen LogP contribution in [-0.4, -0.2) is 60.5 Å². The third-order valence-corrected chi connectivity index (χ3v) is 6.77. The number of aromatic nitrogens is 1. The third kappa shape index (κ3) is 5.39. The highest BCUT2D eigenvalue weighted by Gasteiger charge is 2.23. The van der Waals surface area contributed by atoms with Gasteiger partial charge in [-0.1, -0.05) is 54.1 Å². The summed E-state index contributed by atoms with van der Waals surface area (Å²) in [6.45, 7) is 9.12. The Bertz CT molecular complexity index is 1030. The van der Waals surface area contributed by atoms with Gasteiger partial charge in [-0.15, -0.1) is 11.3 Å². The first-order chi connectivity index (χ1) is 15.0. The van der Waals surface area contributed by atoms with E-state index in [2.05, 4.69) is 71.3 Å². The maximum Gasteiger partial charge on any atom is 0.271 e. The molecule has 1 amide bonds. The van der Waals surface area contributed by atoms with Gasteiger partial charge in [0, 0.05) is 43.7 Å². The number of carbonyl (C=O) groups is 1. The SMILES string of the molecule is Cc1ccc(-c2nc(C(=O)NC(CN3CCN(C)CC3)c3ccccc3)cs2)c(C)c1.